The third kappa shape index (κ3) is 3.11. The van der Waals surface area contributed by atoms with E-state index in [1.54, 1.807) is 0 Å². The standard InChI is InChI=1S/C11H12O2/c1-2-3-9-4-6-10(7-5-9)8-11(12)13/h2-7H,8H2,1H3,(H,12,13)/b3-2+. The maximum Gasteiger partial charge on any atom is 0.307 e. The summed E-state index contributed by atoms with van der Waals surface area (Å²) in [7, 11) is 0. The molecule has 2 heteroatoms. The van der Waals surface area contributed by atoms with Gasteiger partial charge >= 0.3 is 5.97 Å². The van der Waals surface area contributed by atoms with Crippen LogP contribution in [0.15, 0.2) is 30.3 Å². The van der Waals surface area contributed by atoms with Gasteiger partial charge in [-0.1, -0.05) is 36.4 Å². The van der Waals surface area contributed by atoms with Gasteiger partial charge in [-0.05, 0) is 18.1 Å². The van der Waals surface area contributed by atoms with Gasteiger partial charge in [0, 0.05) is 0 Å². The molecule has 0 aliphatic heterocycles. The van der Waals surface area contributed by atoms with Gasteiger partial charge in [0.1, 0.15) is 0 Å². The molecule has 1 aromatic carbocycles. The Hall–Kier alpha value is -1.57. The summed E-state index contributed by atoms with van der Waals surface area (Å²) in [5.74, 6) is -0.793. The number of allylic oxidation sites excluding steroid dienone is 1. The van der Waals surface area contributed by atoms with Crippen molar-refractivity contribution < 1.29 is 9.90 Å². The summed E-state index contributed by atoms with van der Waals surface area (Å²) < 4.78 is 0. The quantitative estimate of drug-likeness (QED) is 0.767. The second kappa shape index (κ2) is 4.45. The monoisotopic (exact) mass is 176 g/mol. The summed E-state index contributed by atoms with van der Waals surface area (Å²) in [6, 6.07) is 7.50. The smallest absolute Gasteiger partial charge is 0.307 e. The van der Waals surface area contributed by atoms with Crippen molar-refractivity contribution in [2.75, 3.05) is 0 Å². The van der Waals surface area contributed by atoms with Crippen LogP contribution in [0.5, 0.6) is 0 Å². The van der Waals surface area contributed by atoms with Crippen molar-refractivity contribution in [3.05, 3.63) is 41.5 Å². The molecule has 1 rings (SSSR count). The predicted octanol–water partition coefficient (Wildman–Crippen LogP) is 2.35. The first kappa shape index (κ1) is 9.52. The largest absolute Gasteiger partial charge is 0.481 e. The highest BCUT2D eigenvalue weighted by Crippen LogP contribution is 2.06. The van der Waals surface area contributed by atoms with Crippen LogP contribution in [0.4, 0.5) is 0 Å². The number of carboxylic acid groups (broad SMARTS) is 1. The van der Waals surface area contributed by atoms with Gasteiger partial charge in [0.2, 0.25) is 0 Å². The fraction of sp³-hybridized carbons (Fsp3) is 0.182. The van der Waals surface area contributed by atoms with Gasteiger partial charge in [-0.3, -0.25) is 4.79 Å². The van der Waals surface area contributed by atoms with Gasteiger partial charge in [0.25, 0.3) is 0 Å². The third-order valence-electron chi connectivity index (χ3n) is 1.69. The molecule has 0 radical (unpaired) electrons. The highest BCUT2D eigenvalue weighted by atomic mass is 16.4. The minimum atomic E-state index is -0.793. The number of hydrogen-bond donors (Lipinski definition) is 1. The zero-order valence-corrected chi connectivity index (χ0v) is 7.53. The topological polar surface area (TPSA) is 37.3 Å². The highest BCUT2D eigenvalue weighted by Gasteiger charge is 1.98. The summed E-state index contributed by atoms with van der Waals surface area (Å²) in [5.41, 5.74) is 1.93. The lowest BCUT2D eigenvalue weighted by atomic mass is 10.1. The molecule has 0 bridgehead atoms. The number of benzene rings is 1. The van der Waals surface area contributed by atoms with Crippen LogP contribution in [-0.4, -0.2) is 11.1 Å². The Morgan fingerprint density at radius 1 is 1.38 bits per heavy atom. The first-order chi connectivity index (χ1) is 6.22. The number of rotatable bonds is 3. The van der Waals surface area contributed by atoms with Crippen LogP contribution in [0.3, 0.4) is 0 Å². The van der Waals surface area contributed by atoms with E-state index in [1.165, 1.54) is 0 Å². The van der Waals surface area contributed by atoms with Crippen molar-refractivity contribution in [1.29, 1.82) is 0 Å². The lowest BCUT2D eigenvalue weighted by molar-refractivity contribution is -0.136. The van der Waals surface area contributed by atoms with Gasteiger partial charge in [0.05, 0.1) is 6.42 Å². The van der Waals surface area contributed by atoms with Crippen molar-refractivity contribution in [2.45, 2.75) is 13.3 Å². The molecule has 68 valence electrons. The maximum absolute atomic E-state index is 10.4. The lowest BCUT2D eigenvalue weighted by Gasteiger charge is -1.97. The van der Waals surface area contributed by atoms with Gasteiger partial charge in [-0.2, -0.15) is 0 Å². The van der Waals surface area contributed by atoms with Crippen molar-refractivity contribution >= 4 is 12.0 Å². The Labute approximate surface area is 77.5 Å². The molecule has 0 aliphatic carbocycles. The van der Waals surface area contributed by atoms with Crippen LogP contribution < -0.4 is 0 Å². The van der Waals surface area contributed by atoms with E-state index in [0.29, 0.717) is 0 Å². The molecule has 0 fully saturated rings. The van der Waals surface area contributed by atoms with Crippen LogP contribution in [0, 0.1) is 0 Å². The van der Waals surface area contributed by atoms with Crippen molar-refractivity contribution in [3.63, 3.8) is 0 Å². The van der Waals surface area contributed by atoms with E-state index in [2.05, 4.69) is 0 Å². The summed E-state index contributed by atoms with van der Waals surface area (Å²) in [5, 5.41) is 8.53. The molecule has 0 spiro atoms. The van der Waals surface area contributed by atoms with E-state index in [0.717, 1.165) is 11.1 Å². The maximum atomic E-state index is 10.4. The van der Waals surface area contributed by atoms with Crippen LogP contribution >= 0.6 is 0 Å². The Balaban J connectivity index is 2.75. The van der Waals surface area contributed by atoms with Crippen molar-refractivity contribution in [3.8, 4) is 0 Å². The van der Waals surface area contributed by atoms with Crippen molar-refractivity contribution in [2.24, 2.45) is 0 Å². The summed E-state index contributed by atoms with van der Waals surface area (Å²) in [6.45, 7) is 1.95. The first-order valence-corrected chi connectivity index (χ1v) is 4.16. The number of hydrogen-bond acceptors (Lipinski definition) is 1. The molecular weight excluding hydrogens is 164 g/mol. The molecule has 0 amide bonds. The molecule has 0 saturated heterocycles. The van der Waals surface area contributed by atoms with E-state index in [1.807, 2.05) is 43.3 Å². The summed E-state index contributed by atoms with van der Waals surface area (Å²) in [4.78, 5) is 10.4. The first-order valence-electron chi connectivity index (χ1n) is 4.16. The Bertz CT molecular complexity index is 309. The predicted molar refractivity (Wildman–Crippen MR) is 52.5 cm³/mol. The second-order valence-corrected chi connectivity index (χ2v) is 2.81. The molecule has 1 N–H and O–H groups in total. The zero-order chi connectivity index (χ0) is 9.68. The fourth-order valence-electron chi connectivity index (χ4n) is 1.11. The Morgan fingerprint density at radius 3 is 2.46 bits per heavy atom. The minimum Gasteiger partial charge on any atom is -0.481 e. The van der Waals surface area contributed by atoms with Gasteiger partial charge in [0.15, 0.2) is 0 Å². The molecule has 13 heavy (non-hydrogen) atoms. The molecule has 0 aliphatic rings. The van der Waals surface area contributed by atoms with E-state index < -0.39 is 5.97 Å². The van der Waals surface area contributed by atoms with Gasteiger partial charge in [-0.15, -0.1) is 0 Å². The molecule has 0 atom stereocenters. The average molecular weight is 176 g/mol. The van der Waals surface area contributed by atoms with Crippen molar-refractivity contribution in [1.82, 2.24) is 0 Å². The number of aliphatic carboxylic acids is 1. The van der Waals surface area contributed by atoms with Crippen LogP contribution in [0.25, 0.3) is 6.08 Å². The summed E-state index contributed by atoms with van der Waals surface area (Å²) >= 11 is 0. The molecule has 0 saturated carbocycles. The van der Waals surface area contributed by atoms with Gasteiger partial charge in [-0.25, -0.2) is 0 Å². The average Bonchev–Trinajstić information content (AvgIpc) is 2.08. The fourth-order valence-corrected chi connectivity index (χ4v) is 1.11. The Kier molecular flexibility index (Phi) is 3.26. The molecule has 0 heterocycles. The lowest BCUT2D eigenvalue weighted by Crippen LogP contribution is -1.99. The minimum absolute atomic E-state index is 0.0934. The number of carbonyl (C=O) groups is 1. The van der Waals surface area contributed by atoms with Gasteiger partial charge < -0.3 is 5.11 Å². The summed E-state index contributed by atoms with van der Waals surface area (Å²) in [6.07, 6.45) is 4.02. The van der Waals surface area contributed by atoms with Crippen LogP contribution in [0.2, 0.25) is 0 Å². The number of carboxylic acids is 1. The van der Waals surface area contributed by atoms with Crippen LogP contribution in [-0.2, 0) is 11.2 Å². The van der Waals surface area contributed by atoms with E-state index in [-0.39, 0.29) is 6.42 Å². The SMILES string of the molecule is C/C=C/c1ccc(CC(=O)O)cc1. The third-order valence-corrected chi connectivity index (χ3v) is 1.69. The van der Waals surface area contributed by atoms with Crippen LogP contribution in [0.1, 0.15) is 18.1 Å². The van der Waals surface area contributed by atoms with E-state index >= 15 is 0 Å². The highest BCUT2D eigenvalue weighted by molar-refractivity contribution is 5.70. The Morgan fingerprint density at radius 2 is 2.00 bits per heavy atom. The molecule has 0 aromatic heterocycles. The second-order valence-electron chi connectivity index (χ2n) is 2.81. The molecular formula is C11H12O2. The molecule has 0 unspecified atom stereocenters. The molecule has 2 nitrogen and oxygen atoms in total. The molecule has 1 aromatic rings. The normalized spacial score (nSPS) is 10.5. The zero-order valence-electron chi connectivity index (χ0n) is 7.53. The van der Waals surface area contributed by atoms with E-state index in [9.17, 15) is 4.79 Å². The van der Waals surface area contributed by atoms with E-state index in [4.69, 9.17) is 5.11 Å².